The van der Waals surface area contributed by atoms with Gasteiger partial charge in [0.2, 0.25) is 5.91 Å². The van der Waals surface area contributed by atoms with Crippen LogP contribution in [0.25, 0.3) is 0 Å². The number of hydrogen-bond acceptors (Lipinski definition) is 4. The van der Waals surface area contributed by atoms with Crippen molar-refractivity contribution in [3.8, 4) is 0 Å². The molecule has 1 aromatic rings. The maximum atomic E-state index is 12.4. The van der Waals surface area contributed by atoms with Crippen molar-refractivity contribution >= 4 is 17.6 Å². The Hall–Kier alpha value is -2.13. The first kappa shape index (κ1) is 18.9. The predicted molar refractivity (Wildman–Crippen MR) is 77.8 cm³/mol. The average molecular weight is 333 g/mol. The Bertz CT molecular complexity index is 509. The first-order valence-electron chi connectivity index (χ1n) is 6.86. The number of halogens is 3. The molecule has 3 N–H and O–H groups in total. The van der Waals surface area contributed by atoms with Crippen LogP contribution in [0.2, 0.25) is 0 Å². The number of aliphatic hydroxyl groups excluding tert-OH is 1. The molecule has 0 aliphatic heterocycles. The van der Waals surface area contributed by atoms with Gasteiger partial charge in [0, 0.05) is 18.8 Å². The summed E-state index contributed by atoms with van der Waals surface area (Å²) in [6, 6.07) is 7.47. The van der Waals surface area contributed by atoms with Crippen molar-refractivity contribution in [3.63, 3.8) is 0 Å². The standard InChI is InChI=1S/C14H18F3N3O3/c15-14(16,17)10-20(7-4-8-21)9-12(22)19-13(23)18-11-5-2-1-3-6-11/h1-3,5-6,21H,4,7-10H2,(H2,18,19,22,23). The van der Waals surface area contributed by atoms with Crippen LogP contribution in [0.5, 0.6) is 0 Å². The molecular weight excluding hydrogens is 315 g/mol. The summed E-state index contributed by atoms with van der Waals surface area (Å²) in [5, 5.41) is 13.0. The van der Waals surface area contributed by atoms with E-state index < -0.39 is 31.2 Å². The fourth-order valence-corrected chi connectivity index (χ4v) is 1.81. The summed E-state index contributed by atoms with van der Waals surface area (Å²) in [5.41, 5.74) is 0.449. The van der Waals surface area contributed by atoms with Crippen LogP contribution in [0.4, 0.5) is 23.7 Å². The number of alkyl halides is 3. The minimum absolute atomic E-state index is 0.0968. The van der Waals surface area contributed by atoms with E-state index in [1.807, 2.05) is 5.32 Å². The van der Waals surface area contributed by atoms with Gasteiger partial charge >= 0.3 is 12.2 Å². The van der Waals surface area contributed by atoms with Gasteiger partial charge in [-0.1, -0.05) is 18.2 Å². The third-order valence-electron chi connectivity index (χ3n) is 2.69. The third kappa shape index (κ3) is 8.79. The summed E-state index contributed by atoms with van der Waals surface area (Å²) in [6.45, 7) is -2.28. The van der Waals surface area contributed by atoms with Gasteiger partial charge in [-0.05, 0) is 18.6 Å². The van der Waals surface area contributed by atoms with Crippen LogP contribution in [0.15, 0.2) is 30.3 Å². The van der Waals surface area contributed by atoms with E-state index >= 15 is 0 Å². The summed E-state index contributed by atoms with van der Waals surface area (Å²) in [7, 11) is 0. The Balaban J connectivity index is 2.48. The van der Waals surface area contributed by atoms with Crippen LogP contribution in [-0.2, 0) is 4.79 Å². The zero-order chi connectivity index (χ0) is 17.3. The molecule has 0 aromatic heterocycles. The Morgan fingerprint density at radius 1 is 1.17 bits per heavy atom. The highest BCUT2D eigenvalue weighted by Crippen LogP contribution is 2.16. The molecule has 0 radical (unpaired) electrons. The lowest BCUT2D eigenvalue weighted by Crippen LogP contribution is -2.45. The van der Waals surface area contributed by atoms with E-state index in [4.69, 9.17) is 5.11 Å². The van der Waals surface area contributed by atoms with Crippen molar-refractivity contribution in [3.05, 3.63) is 30.3 Å². The number of carbonyl (C=O) groups excluding carboxylic acids is 2. The van der Waals surface area contributed by atoms with Crippen molar-refractivity contribution in [1.29, 1.82) is 0 Å². The van der Waals surface area contributed by atoms with Crippen molar-refractivity contribution in [1.82, 2.24) is 10.2 Å². The van der Waals surface area contributed by atoms with E-state index in [2.05, 4.69) is 5.32 Å². The van der Waals surface area contributed by atoms with Gasteiger partial charge in [0.05, 0.1) is 13.1 Å². The molecule has 0 saturated heterocycles. The number of amides is 3. The summed E-state index contributed by atoms with van der Waals surface area (Å²) in [4.78, 5) is 24.1. The fraction of sp³-hybridized carbons (Fsp3) is 0.429. The summed E-state index contributed by atoms with van der Waals surface area (Å²) >= 11 is 0. The number of carbonyl (C=O) groups is 2. The van der Waals surface area contributed by atoms with E-state index in [1.54, 1.807) is 30.3 Å². The molecule has 1 rings (SSSR count). The molecule has 0 heterocycles. The molecule has 128 valence electrons. The molecular formula is C14H18F3N3O3. The van der Waals surface area contributed by atoms with Crippen LogP contribution in [-0.4, -0.2) is 54.4 Å². The summed E-state index contributed by atoms with van der Waals surface area (Å²) < 4.78 is 37.3. The van der Waals surface area contributed by atoms with Gasteiger partial charge < -0.3 is 10.4 Å². The second-order valence-corrected chi connectivity index (χ2v) is 4.77. The fourth-order valence-electron chi connectivity index (χ4n) is 1.81. The number of imide groups is 1. The lowest BCUT2D eigenvalue weighted by atomic mass is 10.3. The number of hydrogen-bond donors (Lipinski definition) is 3. The highest BCUT2D eigenvalue weighted by atomic mass is 19.4. The molecule has 0 unspecified atom stereocenters. The van der Waals surface area contributed by atoms with Gasteiger partial charge in [0.1, 0.15) is 0 Å². The summed E-state index contributed by atoms with van der Waals surface area (Å²) in [6.07, 6.45) is -4.37. The first-order chi connectivity index (χ1) is 10.8. The normalized spacial score (nSPS) is 11.3. The predicted octanol–water partition coefficient (Wildman–Crippen LogP) is 1.58. The Morgan fingerprint density at radius 3 is 2.39 bits per heavy atom. The zero-order valence-electron chi connectivity index (χ0n) is 12.3. The second kappa shape index (κ2) is 9.11. The van der Waals surface area contributed by atoms with Crippen LogP contribution in [0, 0.1) is 0 Å². The van der Waals surface area contributed by atoms with Gasteiger partial charge in [-0.15, -0.1) is 0 Å². The maximum absolute atomic E-state index is 12.4. The van der Waals surface area contributed by atoms with Gasteiger partial charge in [0.15, 0.2) is 0 Å². The van der Waals surface area contributed by atoms with Crippen molar-refractivity contribution in [2.24, 2.45) is 0 Å². The van der Waals surface area contributed by atoms with Gasteiger partial charge in [-0.3, -0.25) is 15.0 Å². The zero-order valence-corrected chi connectivity index (χ0v) is 12.3. The first-order valence-corrected chi connectivity index (χ1v) is 6.86. The highest BCUT2D eigenvalue weighted by Gasteiger charge is 2.31. The largest absolute Gasteiger partial charge is 0.401 e. The molecule has 0 aliphatic carbocycles. The minimum atomic E-state index is -4.47. The number of nitrogens with zero attached hydrogens (tertiary/aromatic N) is 1. The van der Waals surface area contributed by atoms with Crippen LogP contribution < -0.4 is 10.6 Å². The maximum Gasteiger partial charge on any atom is 0.401 e. The number of aliphatic hydroxyl groups is 1. The Labute approximate surface area is 131 Å². The molecule has 1 aromatic carbocycles. The molecule has 0 aliphatic rings. The number of benzene rings is 1. The van der Waals surface area contributed by atoms with Gasteiger partial charge in [0.25, 0.3) is 0 Å². The van der Waals surface area contributed by atoms with Crippen molar-refractivity contribution in [2.75, 3.05) is 31.6 Å². The second-order valence-electron chi connectivity index (χ2n) is 4.77. The van der Waals surface area contributed by atoms with E-state index in [0.717, 1.165) is 4.90 Å². The molecule has 0 fully saturated rings. The number of nitrogens with one attached hydrogen (secondary N) is 2. The van der Waals surface area contributed by atoms with Gasteiger partial charge in [-0.2, -0.15) is 13.2 Å². The molecule has 0 spiro atoms. The SMILES string of the molecule is O=C(CN(CCCO)CC(F)(F)F)NC(=O)Nc1ccccc1. The topological polar surface area (TPSA) is 81.7 Å². The Morgan fingerprint density at radius 2 is 1.83 bits per heavy atom. The molecule has 0 atom stereocenters. The van der Waals surface area contributed by atoms with E-state index in [0.29, 0.717) is 5.69 Å². The van der Waals surface area contributed by atoms with Crippen LogP contribution >= 0.6 is 0 Å². The van der Waals surface area contributed by atoms with Crippen LogP contribution in [0.1, 0.15) is 6.42 Å². The minimum Gasteiger partial charge on any atom is -0.396 e. The Kier molecular flexibility index (Phi) is 7.49. The smallest absolute Gasteiger partial charge is 0.396 e. The monoisotopic (exact) mass is 333 g/mol. The van der Waals surface area contributed by atoms with E-state index in [1.165, 1.54) is 0 Å². The molecule has 23 heavy (non-hydrogen) atoms. The highest BCUT2D eigenvalue weighted by molar-refractivity contribution is 6.01. The molecule has 6 nitrogen and oxygen atoms in total. The lowest BCUT2D eigenvalue weighted by Gasteiger charge is -2.22. The van der Waals surface area contributed by atoms with Gasteiger partial charge in [-0.25, -0.2) is 4.79 Å². The quantitative estimate of drug-likeness (QED) is 0.708. The summed E-state index contributed by atoms with van der Waals surface area (Å²) in [5.74, 6) is -0.861. The third-order valence-corrected chi connectivity index (χ3v) is 2.69. The molecule has 3 amide bonds. The van der Waals surface area contributed by atoms with E-state index in [-0.39, 0.29) is 19.6 Å². The van der Waals surface area contributed by atoms with Crippen molar-refractivity contribution in [2.45, 2.75) is 12.6 Å². The molecule has 9 heteroatoms. The van der Waals surface area contributed by atoms with E-state index in [9.17, 15) is 22.8 Å². The number of rotatable bonds is 7. The molecule has 0 bridgehead atoms. The average Bonchev–Trinajstić information content (AvgIpc) is 2.43. The lowest BCUT2D eigenvalue weighted by molar-refractivity contribution is -0.148. The van der Waals surface area contributed by atoms with Crippen molar-refractivity contribution < 1.29 is 27.9 Å². The molecule has 0 saturated carbocycles. The number of urea groups is 1. The number of anilines is 1. The number of para-hydroxylation sites is 1. The van der Waals surface area contributed by atoms with Crippen LogP contribution in [0.3, 0.4) is 0 Å².